The third kappa shape index (κ3) is 3.66. The highest BCUT2D eigenvalue weighted by atomic mass is 16.5. The summed E-state index contributed by atoms with van der Waals surface area (Å²) in [4.78, 5) is 16.8. The number of imidazole rings is 1. The molecule has 2 aliphatic rings. The number of aromatic nitrogens is 3. The molecule has 2 N–H and O–H groups in total. The number of hydrogen-bond acceptors (Lipinski definition) is 5. The van der Waals surface area contributed by atoms with E-state index in [1.165, 1.54) is 7.11 Å². The molecule has 0 radical (unpaired) electrons. The van der Waals surface area contributed by atoms with E-state index < -0.39 is 11.6 Å². The van der Waals surface area contributed by atoms with Crippen LogP contribution in [0.15, 0.2) is 18.2 Å². The van der Waals surface area contributed by atoms with Gasteiger partial charge in [-0.3, -0.25) is 0 Å². The first-order valence-corrected chi connectivity index (χ1v) is 11.4. The lowest BCUT2D eigenvalue weighted by atomic mass is 9.72. The Balaban J connectivity index is 1.73. The molecule has 172 valence electrons. The summed E-state index contributed by atoms with van der Waals surface area (Å²) in [6, 6.07) is 7.60. The Morgan fingerprint density at radius 1 is 1.27 bits per heavy atom. The number of hydrogen-bond donors (Lipinski definition) is 2. The fraction of sp³-hybridized carbons (Fsp3) is 0.480. The summed E-state index contributed by atoms with van der Waals surface area (Å²) in [5.41, 5.74) is 2.87. The molecule has 8 nitrogen and oxygen atoms in total. The van der Waals surface area contributed by atoms with Crippen molar-refractivity contribution in [2.45, 2.75) is 58.2 Å². The molecular formula is C25H28N4O4. The highest BCUT2D eigenvalue weighted by Gasteiger charge is 2.39. The average Bonchev–Trinajstić information content (AvgIpc) is 3.36. The maximum atomic E-state index is 11.9. The van der Waals surface area contributed by atoms with Crippen LogP contribution in [0.25, 0.3) is 22.6 Å². The number of aromatic carboxylic acids is 1. The molecule has 0 saturated heterocycles. The zero-order valence-corrected chi connectivity index (χ0v) is 19.1. The highest BCUT2D eigenvalue weighted by molar-refractivity contribution is 5.99. The zero-order chi connectivity index (χ0) is 23.5. The maximum Gasteiger partial charge on any atom is 0.336 e. The fourth-order valence-corrected chi connectivity index (χ4v) is 5.24. The maximum absolute atomic E-state index is 11.9. The molecule has 2 saturated carbocycles. The van der Waals surface area contributed by atoms with Gasteiger partial charge in [0.05, 0.1) is 29.5 Å². The summed E-state index contributed by atoms with van der Waals surface area (Å²) in [5, 5.41) is 29.7. The molecule has 0 unspecified atom stereocenters. The summed E-state index contributed by atoms with van der Waals surface area (Å²) < 4.78 is 9.76. The topological polar surface area (TPSA) is 113 Å². The summed E-state index contributed by atoms with van der Waals surface area (Å²) in [6.07, 6.45) is 3.69. The predicted octanol–water partition coefficient (Wildman–Crippen LogP) is 3.96. The van der Waals surface area contributed by atoms with Crippen LogP contribution in [0, 0.1) is 30.1 Å². The van der Waals surface area contributed by atoms with E-state index in [2.05, 4.69) is 10.6 Å². The number of fused-ring (bicyclic) bond motifs is 1. The van der Waals surface area contributed by atoms with Gasteiger partial charge < -0.3 is 24.1 Å². The number of methoxy groups -OCH3 is 1. The van der Waals surface area contributed by atoms with Gasteiger partial charge in [-0.1, -0.05) is 0 Å². The van der Waals surface area contributed by atoms with Crippen LogP contribution in [0.3, 0.4) is 0 Å². The number of nitriles is 1. The molecule has 5 rings (SSSR count). The van der Waals surface area contributed by atoms with Crippen molar-refractivity contribution in [2.24, 2.45) is 11.8 Å². The lowest BCUT2D eigenvalue weighted by Gasteiger charge is -2.41. The van der Waals surface area contributed by atoms with Gasteiger partial charge in [0.1, 0.15) is 23.0 Å². The molecule has 2 heterocycles. The van der Waals surface area contributed by atoms with Gasteiger partial charge in [-0.25, -0.2) is 9.78 Å². The first-order chi connectivity index (χ1) is 15.7. The van der Waals surface area contributed by atoms with Gasteiger partial charge in [-0.2, -0.15) is 5.26 Å². The molecule has 0 spiro atoms. The third-order valence-corrected chi connectivity index (χ3v) is 7.05. The van der Waals surface area contributed by atoms with Crippen LogP contribution in [0.4, 0.5) is 0 Å². The molecule has 2 aliphatic carbocycles. The Hall–Kier alpha value is -3.31. The molecule has 0 atom stereocenters. The van der Waals surface area contributed by atoms with Crippen LogP contribution in [-0.2, 0) is 13.1 Å². The molecule has 0 aliphatic heterocycles. The van der Waals surface area contributed by atoms with Crippen molar-refractivity contribution < 1.29 is 19.7 Å². The Bertz CT molecular complexity index is 1300. The van der Waals surface area contributed by atoms with E-state index in [1.807, 2.05) is 23.6 Å². The number of ether oxygens (including phenoxy) is 1. The molecule has 3 aromatic rings. The number of carboxylic acids is 1. The van der Waals surface area contributed by atoms with Gasteiger partial charge in [0.15, 0.2) is 5.82 Å². The number of aryl methyl sites for hydroxylation is 1. The minimum Gasteiger partial charge on any atom is -0.494 e. The van der Waals surface area contributed by atoms with Gasteiger partial charge >= 0.3 is 5.97 Å². The van der Waals surface area contributed by atoms with Crippen molar-refractivity contribution in [1.29, 1.82) is 5.26 Å². The Kier molecular flexibility index (Phi) is 4.98. The average molecular weight is 449 g/mol. The molecule has 2 aromatic heterocycles. The van der Waals surface area contributed by atoms with Gasteiger partial charge in [-0.15, -0.1) is 0 Å². The summed E-state index contributed by atoms with van der Waals surface area (Å²) >= 11 is 0. The number of rotatable bonds is 7. The quantitative estimate of drug-likeness (QED) is 0.566. The Morgan fingerprint density at radius 2 is 1.97 bits per heavy atom. The molecule has 0 bridgehead atoms. The van der Waals surface area contributed by atoms with Gasteiger partial charge in [0.2, 0.25) is 0 Å². The fourth-order valence-electron chi connectivity index (χ4n) is 5.24. The molecule has 0 amide bonds. The smallest absolute Gasteiger partial charge is 0.336 e. The van der Waals surface area contributed by atoms with Crippen LogP contribution in [0.5, 0.6) is 5.75 Å². The van der Waals surface area contributed by atoms with Crippen molar-refractivity contribution in [1.82, 2.24) is 14.1 Å². The summed E-state index contributed by atoms with van der Waals surface area (Å²) in [6.45, 7) is 5.01. The highest BCUT2D eigenvalue weighted by Crippen LogP contribution is 2.42. The number of aliphatic hydroxyl groups is 1. The predicted molar refractivity (Wildman–Crippen MR) is 122 cm³/mol. The van der Waals surface area contributed by atoms with E-state index in [0.29, 0.717) is 53.7 Å². The first kappa shape index (κ1) is 21.5. The van der Waals surface area contributed by atoms with Crippen molar-refractivity contribution in [3.8, 4) is 23.3 Å². The van der Waals surface area contributed by atoms with Crippen LogP contribution in [0.1, 0.15) is 54.2 Å². The van der Waals surface area contributed by atoms with Crippen LogP contribution < -0.4 is 4.74 Å². The lowest BCUT2D eigenvalue weighted by Crippen LogP contribution is -2.42. The SMILES string of the molecule is COc1cc(C(=O)O)c(C)c2nc(-c3ccc(C#N)n3CC3CC3)n(CC3CC(C)(O)C3)c12. The summed E-state index contributed by atoms with van der Waals surface area (Å²) in [5.74, 6) is 0.962. The number of nitrogens with zero attached hydrogens (tertiary/aromatic N) is 4. The third-order valence-electron chi connectivity index (χ3n) is 7.05. The second kappa shape index (κ2) is 7.63. The van der Waals surface area contributed by atoms with Crippen LogP contribution >= 0.6 is 0 Å². The van der Waals surface area contributed by atoms with E-state index in [-0.39, 0.29) is 11.5 Å². The van der Waals surface area contributed by atoms with E-state index in [9.17, 15) is 20.3 Å². The number of carboxylic acid groups (broad SMARTS) is 1. The van der Waals surface area contributed by atoms with Gasteiger partial charge in [0, 0.05) is 13.1 Å². The Morgan fingerprint density at radius 3 is 2.55 bits per heavy atom. The van der Waals surface area contributed by atoms with E-state index >= 15 is 0 Å². The number of carbonyl (C=O) groups is 1. The lowest BCUT2D eigenvalue weighted by molar-refractivity contribution is -0.0613. The number of benzene rings is 1. The standard InChI is InChI=1S/C25H28N4O4/c1-14-18(24(30)31)8-20(33-3)22-21(14)27-23(29(22)13-16-9-25(2,32)10-16)19-7-6-17(11-26)28(19)12-15-4-5-15/h6-8,15-16,32H,4-5,9-10,12-13H2,1-3H3,(H,30,31). The molecule has 33 heavy (non-hydrogen) atoms. The molecule has 1 aromatic carbocycles. The van der Waals surface area contributed by atoms with Crippen molar-refractivity contribution in [2.75, 3.05) is 7.11 Å². The molecule has 2 fully saturated rings. The van der Waals surface area contributed by atoms with E-state index in [1.54, 1.807) is 13.0 Å². The zero-order valence-electron chi connectivity index (χ0n) is 19.1. The normalized spacial score (nSPS) is 22.2. The largest absolute Gasteiger partial charge is 0.494 e. The van der Waals surface area contributed by atoms with Crippen LogP contribution in [-0.4, -0.2) is 43.0 Å². The minimum absolute atomic E-state index is 0.160. The molecular weight excluding hydrogens is 420 g/mol. The second-order valence-electron chi connectivity index (χ2n) is 9.84. The second-order valence-corrected chi connectivity index (χ2v) is 9.84. The van der Waals surface area contributed by atoms with Gasteiger partial charge in [-0.05, 0) is 75.1 Å². The molecule has 8 heteroatoms. The van der Waals surface area contributed by atoms with Crippen molar-refractivity contribution in [3.05, 3.63) is 35.0 Å². The van der Waals surface area contributed by atoms with Crippen molar-refractivity contribution in [3.63, 3.8) is 0 Å². The monoisotopic (exact) mass is 448 g/mol. The van der Waals surface area contributed by atoms with Crippen LogP contribution in [0.2, 0.25) is 0 Å². The first-order valence-electron chi connectivity index (χ1n) is 11.4. The van der Waals surface area contributed by atoms with Crippen molar-refractivity contribution >= 4 is 17.0 Å². The summed E-state index contributed by atoms with van der Waals surface area (Å²) in [7, 11) is 1.53. The van der Waals surface area contributed by atoms with E-state index in [0.717, 1.165) is 30.6 Å². The van der Waals surface area contributed by atoms with E-state index in [4.69, 9.17) is 9.72 Å². The Labute approximate surface area is 192 Å². The minimum atomic E-state index is -1.03. The van der Waals surface area contributed by atoms with Gasteiger partial charge in [0.25, 0.3) is 0 Å².